The van der Waals surface area contributed by atoms with Gasteiger partial charge in [0.2, 0.25) is 5.91 Å². The maximum atomic E-state index is 12.3. The molecule has 2 heterocycles. The Balaban J connectivity index is 1.44. The van der Waals surface area contributed by atoms with E-state index in [-0.39, 0.29) is 17.4 Å². The van der Waals surface area contributed by atoms with Crippen LogP contribution in [0.15, 0.2) is 39.5 Å². The average molecular weight is 326 g/mol. The third kappa shape index (κ3) is 2.79. The van der Waals surface area contributed by atoms with Gasteiger partial charge in [0, 0.05) is 36.9 Å². The molecule has 1 N–H and O–H groups in total. The second-order valence-corrected chi connectivity index (χ2v) is 6.54. The Morgan fingerprint density at radius 1 is 1.25 bits per heavy atom. The molecule has 1 atom stereocenters. The topological polar surface area (TPSA) is 79.6 Å². The van der Waals surface area contributed by atoms with Crippen LogP contribution in [-0.2, 0) is 4.79 Å². The molecule has 1 aliphatic carbocycles. The summed E-state index contributed by atoms with van der Waals surface area (Å²) in [5.41, 5.74) is -0.189. The van der Waals surface area contributed by atoms with Crippen molar-refractivity contribution in [1.82, 2.24) is 10.2 Å². The third-order valence-corrected chi connectivity index (χ3v) is 4.66. The molecular formula is C18H18N2O4. The molecule has 1 aliphatic heterocycles. The highest BCUT2D eigenvalue weighted by Crippen LogP contribution is 2.32. The Kier molecular flexibility index (Phi) is 3.59. The lowest BCUT2D eigenvalue weighted by Crippen LogP contribution is -2.34. The van der Waals surface area contributed by atoms with Gasteiger partial charge in [-0.3, -0.25) is 9.59 Å². The molecule has 1 saturated carbocycles. The summed E-state index contributed by atoms with van der Waals surface area (Å²) in [6, 6.07) is 9.03. The normalized spacial score (nSPS) is 20.6. The number of hydrogen-bond donors (Lipinski definition) is 1. The van der Waals surface area contributed by atoms with Gasteiger partial charge in [-0.1, -0.05) is 18.2 Å². The Morgan fingerprint density at radius 3 is 2.83 bits per heavy atom. The number of carbonyl (C=O) groups excluding carboxylic acids is 2. The molecule has 2 aromatic rings. The highest BCUT2D eigenvalue weighted by atomic mass is 16.4. The third-order valence-electron chi connectivity index (χ3n) is 4.66. The van der Waals surface area contributed by atoms with E-state index in [1.807, 2.05) is 11.0 Å². The fourth-order valence-corrected chi connectivity index (χ4v) is 3.24. The van der Waals surface area contributed by atoms with Crippen molar-refractivity contribution in [1.29, 1.82) is 0 Å². The fraction of sp³-hybridized carbons (Fsp3) is 0.389. The highest BCUT2D eigenvalue weighted by molar-refractivity contribution is 5.96. The van der Waals surface area contributed by atoms with E-state index in [1.165, 1.54) is 0 Å². The van der Waals surface area contributed by atoms with Crippen LogP contribution in [0.1, 0.15) is 29.6 Å². The average Bonchev–Trinajstić information content (AvgIpc) is 3.35. The Labute approximate surface area is 138 Å². The molecule has 24 heavy (non-hydrogen) atoms. The van der Waals surface area contributed by atoms with Gasteiger partial charge < -0.3 is 14.6 Å². The molecule has 0 spiro atoms. The van der Waals surface area contributed by atoms with E-state index >= 15 is 0 Å². The zero-order chi connectivity index (χ0) is 16.7. The molecule has 2 amide bonds. The lowest BCUT2D eigenvalue weighted by Gasteiger charge is -2.15. The summed E-state index contributed by atoms with van der Waals surface area (Å²) in [4.78, 5) is 38.1. The molecule has 2 fully saturated rings. The number of nitrogens with one attached hydrogen (secondary N) is 1. The molecule has 1 aromatic heterocycles. The first-order valence-corrected chi connectivity index (χ1v) is 8.22. The number of nitrogens with zero attached hydrogens (tertiary/aromatic N) is 1. The van der Waals surface area contributed by atoms with Crippen molar-refractivity contribution in [3.05, 3.63) is 46.3 Å². The van der Waals surface area contributed by atoms with Crippen LogP contribution in [0.25, 0.3) is 11.0 Å². The summed E-state index contributed by atoms with van der Waals surface area (Å²) in [6.45, 7) is 1.08. The SMILES string of the molecule is O=C(NCC1CC(=O)N(C2CC2)C1)c1cc2ccccc2oc1=O. The monoisotopic (exact) mass is 326 g/mol. The lowest BCUT2D eigenvalue weighted by molar-refractivity contribution is -0.128. The lowest BCUT2D eigenvalue weighted by atomic mass is 10.1. The maximum Gasteiger partial charge on any atom is 0.349 e. The summed E-state index contributed by atoms with van der Waals surface area (Å²) >= 11 is 0. The van der Waals surface area contributed by atoms with E-state index in [0.29, 0.717) is 36.5 Å². The first-order valence-electron chi connectivity index (χ1n) is 8.22. The van der Waals surface area contributed by atoms with E-state index < -0.39 is 11.5 Å². The van der Waals surface area contributed by atoms with E-state index in [9.17, 15) is 14.4 Å². The number of benzene rings is 1. The van der Waals surface area contributed by atoms with Crippen LogP contribution in [0.2, 0.25) is 0 Å². The fourth-order valence-electron chi connectivity index (χ4n) is 3.24. The van der Waals surface area contributed by atoms with Crippen molar-refractivity contribution in [3.63, 3.8) is 0 Å². The van der Waals surface area contributed by atoms with Crippen molar-refractivity contribution in [2.75, 3.05) is 13.1 Å². The second kappa shape index (κ2) is 5.78. The molecule has 6 nitrogen and oxygen atoms in total. The van der Waals surface area contributed by atoms with E-state index in [0.717, 1.165) is 12.8 Å². The molecule has 1 unspecified atom stereocenters. The first-order chi connectivity index (χ1) is 11.6. The summed E-state index contributed by atoms with van der Waals surface area (Å²) in [7, 11) is 0. The molecule has 6 heteroatoms. The zero-order valence-corrected chi connectivity index (χ0v) is 13.2. The Morgan fingerprint density at radius 2 is 2.04 bits per heavy atom. The Bertz CT molecular complexity index is 869. The first kappa shape index (κ1) is 14.9. The van der Waals surface area contributed by atoms with Crippen LogP contribution < -0.4 is 10.9 Å². The molecular weight excluding hydrogens is 308 g/mol. The predicted octanol–water partition coefficient (Wildman–Crippen LogP) is 1.53. The van der Waals surface area contributed by atoms with Gasteiger partial charge in [-0.2, -0.15) is 0 Å². The number of fused-ring (bicyclic) bond motifs is 1. The van der Waals surface area contributed by atoms with E-state index in [2.05, 4.69) is 5.32 Å². The standard InChI is InChI=1S/C18H18N2O4/c21-16-7-11(10-20(16)13-5-6-13)9-19-17(22)14-8-12-3-1-2-4-15(12)24-18(14)23/h1-4,8,11,13H,5-7,9-10H2,(H,19,22). The largest absolute Gasteiger partial charge is 0.422 e. The molecule has 0 bridgehead atoms. The number of rotatable bonds is 4. The number of hydrogen-bond acceptors (Lipinski definition) is 4. The van der Waals surface area contributed by atoms with Gasteiger partial charge in [-0.15, -0.1) is 0 Å². The van der Waals surface area contributed by atoms with E-state index in [1.54, 1.807) is 24.3 Å². The number of para-hydroxylation sites is 1. The molecule has 124 valence electrons. The molecule has 1 aromatic carbocycles. The minimum atomic E-state index is -0.645. The van der Waals surface area contributed by atoms with Gasteiger partial charge in [0.15, 0.2) is 0 Å². The Hall–Kier alpha value is -2.63. The summed E-state index contributed by atoms with van der Waals surface area (Å²) < 4.78 is 5.18. The highest BCUT2D eigenvalue weighted by Gasteiger charge is 2.39. The molecule has 1 saturated heterocycles. The van der Waals surface area contributed by atoms with Crippen LogP contribution in [0.4, 0.5) is 0 Å². The van der Waals surface area contributed by atoms with Crippen molar-refractivity contribution in [2.45, 2.75) is 25.3 Å². The van der Waals surface area contributed by atoms with Crippen LogP contribution in [0, 0.1) is 5.92 Å². The van der Waals surface area contributed by atoms with Crippen molar-refractivity contribution in [2.24, 2.45) is 5.92 Å². The van der Waals surface area contributed by atoms with Crippen molar-refractivity contribution >= 4 is 22.8 Å². The van der Waals surface area contributed by atoms with Crippen LogP contribution in [0.5, 0.6) is 0 Å². The quantitative estimate of drug-likeness (QED) is 0.864. The minimum Gasteiger partial charge on any atom is -0.422 e. The van der Waals surface area contributed by atoms with E-state index in [4.69, 9.17) is 4.42 Å². The summed E-state index contributed by atoms with van der Waals surface area (Å²) in [5, 5.41) is 3.48. The molecule has 2 aliphatic rings. The van der Waals surface area contributed by atoms with Crippen LogP contribution >= 0.6 is 0 Å². The van der Waals surface area contributed by atoms with Gasteiger partial charge in [0.25, 0.3) is 5.91 Å². The second-order valence-electron chi connectivity index (χ2n) is 6.54. The van der Waals surface area contributed by atoms with Gasteiger partial charge in [0.1, 0.15) is 11.1 Å². The van der Waals surface area contributed by atoms with Crippen LogP contribution in [-0.4, -0.2) is 35.8 Å². The van der Waals surface area contributed by atoms with Crippen molar-refractivity contribution in [3.8, 4) is 0 Å². The van der Waals surface area contributed by atoms with Crippen LogP contribution in [0.3, 0.4) is 0 Å². The predicted molar refractivity (Wildman–Crippen MR) is 87.7 cm³/mol. The van der Waals surface area contributed by atoms with Crippen molar-refractivity contribution < 1.29 is 14.0 Å². The van der Waals surface area contributed by atoms with Gasteiger partial charge in [-0.05, 0) is 25.0 Å². The van der Waals surface area contributed by atoms with Gasteiger partial charge in [-0.25, -0.2) is 4.79 Å². The zero-order valence-electron chi connectivity index (χ0n) is 13.2. The van der Waals surface area contributed by atoms with Gasteiger partial charge in [0.05, 0.1) is 0 Å². The smallest absolute Gasteiger partial charge is 0.349 e. The number of carbonyl (C=O) groups is 2. The molecule has 0 radical (unpaired) electrons. The summed E-state index contributed by atoms with van der Waals surface area (Å²) in [6.07, 6.45) is 2.63. The number of amides is 2. The molecule has 4 rings (SSSR count). The maximum absolute atomic E-state index is 12.3. The van der Waals surface area contributed by atoms with Gasteiger partial charge >= 0.3 is 5.63 Å². The number of likely N-dealkylation sites (tertiary alicyclic amines) is 1. The summed E-state index contributed by atoms with van der Waals surface area (Å²) in [5.74, 6) is -0.177. The minimum absolute atomic E-state index is 0.00271.